The van der Waals surface area contributed by atoms with Gasteiger partial charge in [-0.3, -0.25) is 0 Å². The van der Waals surface area contributed by atoms with Gasteiger partial charge in [-0.25, -0.2) is 0 Å². The molecule has 2 heterocycles. The fourth-order valence-electron chi connectivity index (χ4n) is 1.50. The SMILES string of the molecule is C1CC2(C1)COC2.C1COC1. The van der Waals surface area contributed by atoms with E-state index in [2.05, 4.69) is 0 Å². The lowest BCUT2D eigenvalue weighted by molar-refractivity contribution is -0.155. The zero-order valence-electron chi connectivity index (χ0n) is 6.97. The third kappa shape index (κ3) is 1.57. The second-order valence-corrected chi connectivity index (χ2v) is 3.81. The van der Waals surface area contributed by atoms with Crippen molar-refractivity contribution in [1.29, 1.82) is 0 Å². The van der Waals surface area contributed by atoms with Crippen LogP contribution in [0, 0.1) is 5.41 Å². The van der Waals surface area contributed by atoms with Gasteiger partial charge in [-0.1, -0.05) is 6.42 Å². The number of hydrogen-bond acceptors (Lipinski definition) is 2. The Morgan fingerprint density at radius 1 is 0.818 bits per heavy atom. The number of hydrogen-bond donors (Lipinski definition) is 0. The molecule has 1 aliphatic carbocycles. The van der Waals surface area contributed by atoms with Gasteiger partial charge in [0.1, 0.15) is 0 Å². The largest absolute Gasteiger partial charge is 0.381 e. The summed E-state index contributed by atoms with van der Waals surface area (Å²) in [5, 5.41) is 0. The zero-order valence-corrected chi connectivity index (χ0v) is 6.97. The van der Waals surface area contributed by atoms with E-state index in [0.717, 1.165) is 31.8 Å². The second-order valence-electron chi connectivity index (χ2n) is 3.81. The van der Waals surface area contributed by atoms with Crippen molar-refractivity contribution in [2.45, 2.75) is 25.7 Å². The average Bonchev–Trinajstić information content (AvgIpc) is 1.46. The summed E-state index contributed by atoms with van der Waals surface area (Å²) < 4.78 is 9.80. The molecule has 3 rings (SSSR count). The van der Waals surface area contributed by atoms with Crippen molar-refractivity contribution >= 4 is 0 Å². The smallest absolute Gasteiger partial charge is 0.0544 e. The van der Waals surface area contributed by atoms with Gasteiger partial charge in [-0.15, -0.1) is 0 Å². The Kier molecular flexibility index (Phi) is 2.14. The van der Waals surface area contributed by atoms with E-state index in [4.69, 9.17) is 9.47 Å². The van der Waals surface area contributed by atoms with Crippen LogP contribution < -0.4 is 0 Å². The first-order valence-electron chi connectivity index (χ1n) is 4.57. The first-order chi connectivity index (χ1) is 5.41. The normalized spacial score (nSPS) is 30.5. The van der Waals surface area contributed by atoms with Gasteiger partial charge in [0.15, 0.2) is 0 Å². The second kappa shape index (κ2) is 3.11. The van der Waals surface area contributed by atoms with Crippen LogP contribution in [0.15, 0.2) is 0 Å². The van der Waals surface area contributed by atoms with Crippen LogP contribution in [0.1, 0.15) is 25.7 Å². The third-order valence-electron chi connectivity index (χ3n) is 2.81. The highest BCUT2D eigenvalue weighted by Gasteiger charge is 2.43. The van der Waals surface area contributed by atoms with Gasteiger partial charge < -0.3 is 9.47 Å². The van der Waals surface area contributed by atoms with Gasteiger partial charge in [-0.05, 0) is 19.3 Å². The average molecular weight is 156 g/mol. The van der Waals surface area contributed by atoms with Crippen LogP contribution in [0.3, 0.4) is 0 Å². The maximum Gasteiger partial charge on any atom is 0.0544 e. The molecule has 2 heteroatoms. The molecule has 2 nitrogen and oxygen atoms in total. The van der Waals surface area contributed by atoms with Crippen LogP contribution in [-0.2, 0) is 9.47 Å². The Bertz CT molecular complexity index is 102. The van der Waals surface area contributed by atoms with Crippen LogP contribution >= 0.6 is 0 Å². The zero-order chi connectivity index (χ0) is 7.57. The molecule has 3 aliphatic rings. The Morgan fingerprint density at radius 3 is 1.36 bits per heavy atom. The minimum atomic E-state index is 0.722. The van der Waals surface area contributed by atoms with Crippen molar-refractivity contribution in [3.05, 3.63) is 0 Å². The van der Waals surface area contributed by atoms with E-state index < -0.39 is 0 Å². The molecule has 2 saturated heterocycles. The summed E-state index contributed by atoms with van der Waals surface area (Å²) in [6.07, 6.45) is 5.60. The highest BCUT2D eigenvalue weighted by molar-refractivity contribution is 4.92. The van der Waals surface area contributed by atoms with Crippen molar-refractivity contribution in [3.63, 3.8) is 0 Å². The standard InChI is InChI=1S/C6H10O.C3H6O/c1-2-6(3-1)4-7-5-6;1-2-4-3-1/h1-5H2;1-3H2. The fourth-order valence-corrected chi connectivity index (χ4v) is 1.50. The highest BCUT2D eigenvalue weighted by atomic mass is 16.5. The quantitative estimate of drug-likeness (QED) is 0.530. The van der Waals surface area contributed by atoms with Gasteiger partial charge in [0.25, 0.3) is 0 Å². The Labute approximate surface area is 67.9 Å². The third-order valence-corrected chi connectivity index (χ3v) is 2.81. The lowest BCUT2D eigenvalue weighted by Crippen LogP contribution is -2.47. The first kappa shape index (κ1) is 7.56. The molecule has 0 N–H and O–H groups in total. The van der Waals surface area contributed by atoms with E-state index in [1.807, 2.05) is 0 Å². The minimum Gasteiger partial charge on any atom is -0.381 e. The molecule has 1 saturated carbocycles. The Hall–Kier alpha value is -0.0800. The predicted octanol–water partition coefficient (Wildman–Crippen LogP) is 1.59. The summed E-state index contributed by atoms with van der Waals surface area (Å²) in [4.78, 5) is 0. The van der Waals surface area contributed by atoms with Crippen LogP contribution in [0.2, 0.25) is 0 Å². The highest BCUT2D eigenvalue weighted by Crippen LogP contribution is 2.46. The van der Waals surface area contributed by atoms with E-state index in [9.17, 15) is 0 Å². The van der Waals surface area contributed by atoms with Crippen molar-refractivity contribution in [3.8, 4) is 0 Å². The van der Waals surface area contributed by atoms with E-state index in [0.29, 0.717) is 0 Å². The molecular weight excluding hydrogens is 140 g/mol. The van der Waals surface area contributed by atoms with Crippen molar-refractivity contribution in [2.75, 3.05) is 26.4 Å². The lowest BCUT2D eigenvalue weighted by Gasteiger charge is -2.48. The monoisotopic (exact) mass is 156 g/mol. The van der Waals surface area contributed by atoms with Crippen molar-refractivity contribution < 1.29 is 9.47 Å². The summed E-state index contributed by atoms with van der Waals surface area (Å²) in [5.41, 5.74) is 0.722. The lowest BCUT2D eigenvalue weighted by atomic mass is 9.67. The fraction of sp³-hybridized carbons (Fsp3) is 1.00. The molecule has 0 aromatic carbocycles. The molecular formula is C9H16O2. The molecule has 11 heavy (non-hydrogen) atoms. The molecule has 0 unspecified atom stereocenters. The van der Waals surface area contributed by atoms with Gasteiger partial charge in [0.05, 0.1) is 13.2 Å². The molecule has 3 fully saturated rings. The maximum atomic E-state index is 5.08. The summed E-state index contributed by atoms with van der Waals surface area (Å²) in [5.74, 6) is 0. The Balaban J connectivity index is 0.000000103. The summed E-state index contributed by atoms with van der Waals surface area (Å²) in [6.45, 7) is 4.12. The summed E-state index contributed by atoms with van der Waals surface area (Å²) in [7, 11) is 0. The number of ether oxygens (including phenoxy) is 2. The topological polar surface area (TPSA) is 18.5 Å². The summed E-state index contributed by atoms with van der Waals surface area (Å²) >= 11 is 0. The van der Waals surface area contributed by atoms with Gasteiger partial charge in [0.2, 0.25) is 0 Å². The first-order valence-corrected chi connectivity index (χ1v) is 4.57. The molecule has 0 bridgehead atoms. The van der Waals surface area contributed by atoms with Crippen molar-refractivity contribution in [1.82, 2.24) is 0 Å². The number of rotatable bonds is 0. The summed E-state index contributed by atoms with van der Waals surface area (Å²) in [6, 6.07) is 0. The molecule has 1 spiro atoms. The maximum absolute atomic E-state index is 5.08. The van der Waals surface area contributed by atoms with E-state index in [-0.39, 0.29) is 0 Å². The van der Waals surface area contributed by atoms with Crippen LogP contribution in [-0.4, -0.2) is 26.4 Å². The predicted molar refractivity (Wildman–Crippen MR) is 42.5 cm³/mol. The molecule has 0 atom stereocenters. The molecule has 64 valence electrons. The van der Waals surface area contributed by atoms with Crippen LogP contribution in [0.5, 0.6) is 0 Å². The van der Waals surface area contributed by atoms with Gasteiger partial charge in [-0.2, -0.15) is 0 Å². The van der Waals surface area contributed by atoms with Crippen LogP contribution in [0.25, 0.3) is 0 Å². The van der Waals surface area contributed by atoms with E-state index >= 15 is 0 Å². The molecule has 0 aromatic heterocycles. The molecule has 0 amide bonds. The van der Waals surface area contributed by atoms with Crippen molar-refractivity contribution in [2.24, 2.45) is 5.41 Å². The van der Waals surface area contributed by atoms with E-state index in [1.54, 1.807) is 0 Å². The molecule has 0 aromatic rings. The van der Waals surface area contributed by atoms with E-state index in [1.165, 1.54) is 25.7 Å². The minimum absolute atomic E-state index is 0.722. The van der Waals surface area contributed by atoms with Gasteiger partial charge >= 0.3 is 0 Å². The molecule has 0 radical (unpaired) electrons. The molecule has 2 aliphatic heterocycles. The van der Waals surface area contributed by atoms with Gasteiger partial charge in [0, 0.05) is 18.6 Å². The Morgan fingerprint density at radius 2 is 1.36 bits per heavy atom. The van der Waals surface area contributed by atoms with Crippen LogP contribution in [0.4, 0.5) is 0 Å².